The van der Waals surface area contributed by atoms with Crippen LogP contribution in [0.2, 0.25) is 0 Å². The molecule has 0 aromatic heterocycles. The van der Waals surface area contributed by atoms with Gasteiger partial charge in [0.2, 0.25) is 0 Å². The number of carbonyl (C=O) groups excluding carboxylic acids is 1. The molecule has 0 amide bonds. The van der Waals surface area contributed by atoms with E-state index in [1.165, 1.54) is 7.11 Å². The van der Waals surface area contributed by atoms with Crippen molar-refractivity contribution in [2.75, 3.05) is 13.7 Å². The van der Waals surface area contributed by atoms with Gasteiger partial charge in [0.15, 0.2) is 0 Å². The molecule has 5 heteroatoms. The largest absolute Gasteiger partial charge is 0.489 e. The van der Waals surface area contributed by atoms with Gasteiger partial charge in [0, 0.05) is 17.4 Å². The number of halogens is 1. The molecule has 18 heavy (non-hydrogen) atoms. The van der Waals surface area contributed by atoms with Crippen LogP contribution in [-0.2, 0) is 9.53 Å². The molecule has 1 fully saturated rings. The van der Waals surface area contributed by atoms with E-state index < -0.39 is 0 Å². The highest BCUT2D eigenvalue weighted by Crippen LogP contribution is 2.25. The van der Waals surface area contributed by atoms with Crippen molar-refractivity contribution in [3.63, 3.8) is 0 Å². The molecule has 1 aliphatic heterocycles. The zero-order valence-electron chi connectivity index (χ0n) is 10.4. The van der Waals surface area contributed by atoms with Gasteiger partial charge in [-0.25, -0.2) is 0 Å². The second-order valence-electron chi connectivity index (χ2n) is 4.37. The molecule has 0 bridgehead atoms. The highest BCUT2D eigenvalue weighted by atomic mass is 79.9. The van der Waals surface area contributed by atoms with Crippen LogP contribution in [0.5, 0.6) is 5.75 Å². The Morgan fingerprint density at radius 3 is 2.94 bits per heavy atom. The van der Waals surface area contributed by atoms with Crippen LogP contribution in [0.15, 0.2) is 22.7 Å². The molecule has 2 rings (SSSR count). The number of rotatable bonds is 3. The fraction of sp³-hybridized carbons (Fsp3) is 0.462. The average molecular weight is 314 g/mol. The van der Waals surface area contributed by atoms with Crippen LogP contribution in [0, 0.1) is 6.92 Å². The Morgan fingerprint density at radius 2 is 2.28 bits per heavy atom. The number of carbonyl (C=O) groups is 1. The summed E-state index contributed by atoms with van der Waals surface area (Å²) in [4.78, 5) is 11.4. The second kappa shape index (κ2) is 5.71. The third-order valence-corrected chi connectivity index (χ3v) is 3.50. The molecule has 2 atom stereocenters. The van der Waals surface area contributed by atoms with Crippen LogP contribution in [0.3, 0.4) is 0 Å². The zero-order valence-corrected chi connectivity index (χ0v) is 12.0. The molecule has 0 unspecified atom stereocenters. The summed E-state index contributed by atoms with van der Waals surface area (Å²) >= 11 is 3.42. The summed E-state index contributed by atoms with van der Waals surface area (Å²) in [5, 5.41) is 3.10. The molecule has 4 nitrogen and oxygen atoms in total. The normalized spacial score (nSPS) is 22.8. The molecule has 0 aliphatic carbocycles. The van der Waals surface area contributed by atoms with E-state index in [-0.39, 0.29) is 18.1 Å². The van der Waals surface area contributed by atoms with E-state index in [1.54, 1.807) is 0 Å². The molecule has 0 saturated carbocycles. The molecule has 1 heterocycles. The first-order chi connectivity index (χ1) is 8.60. The van der Waals surface area contributed by atoms with E-state index in [0.29, 0.717) is 13.0 Å². The molecule has 0 spiro atoms. The lowest BCUT2D eigenvalue weighted by Crippen LogP contribution is -2.31. The monoisotopic (exact) mass is 313 g/mol. The number of nitrogens with one attached hydrogen (secondary N) is 1. The van der Waals surface area contributed by atoms with E-state index >= 15 is 0 Å². The molecule has 1 aromatic rings. The first kappa shape index (κ1) is 13.4. The fourth-order valence-corrected chi connectivity index (χ4v) is 2.52. The van der Waals surface area contributed by atoms with Crippen molar-refractivity contribution in [1.82, 2.24) is 5.32 Å². The van der Waals surface area contributed by atoms with Gasteiger partial charge in [-0.15, -0.1) is 0 Å². The molecular formula is C13H16BrNO3. The smallest absolute Gasteiger partial charge is 0.323 e. The van der Waals surface area contributed by atoms with Gasteiger partial charge >= 0.3 is 5.97 Å². The highest BCUT2D eigenvalue weighted by molar-refractivity contribution is 9.10. The van der Waals surface area contributed by atoms with E-state index in [2.05, 4.69) is 21.2 Å². The number of methoxy groups -OCH3 is 1. The molecular weight excluding hydrogens is 298 g/mol. The van der Waals surface area contributed by atoms with E-state index in [0.717, 1.165) is 15.8 Å². The third-order valence-electron chi connectivity index (χ3n) is 3.01. The average Bonchev–Trinajstić information content (AvgIpc) is 2.80. The minimum absolute atomic E-state index is 0.00831. The Balaban J connectivity index is 1.97. The van der Waals surface area contributed by atoms with E-state index in [9.17, 15) is 4.79 Å². The Morgan fingerprint density at radius 1 is 1.50 bits per heavy atom. The van der Waals surface area contributed by atoms with Crippen molar-refractivity contribution in [3.05, 3.63) is 28.2 Å². The number of benzene rings is 1. The standard InChI is InChI=1S/C13H16BrNO3/c1-8-5-9(14)3-4-12(8)18-10-6-11(15-7-10)13(16)17-2/h3-5,10-11,15H,6-7H2,1-2H3/t10-,11+/m1/s1. The van der Waals surface area contributed by atoms with Gasteiger partial charge < -0.3 is 14.8 Å². The van der Waals surface area contributed by atoms with Crippen LogP contribution in [0.1, 0.15) is 12.0 Å². The van der Waals surface area contributed by atoms with Crippen molar-refractivity contribution in [2.45, 2.75) is 25.5 Å². The SMILES string of the molecule is COC(=O)[C@@H]1C[C@@H](Oc2ccc(Br)cc2C)CN1. The van der Waals surface area contributed by atoms with E-state index in [4.69, 9.17) is 9.47 Å². The predicted molar refractivity (Wildman–Crippen MR) is 71.7 cm³/mol. The van der Waals surface area contributed by atoms with Gasteiger partial charge in [0.05, 0.1) is 7.11 Å². The molecule has 1 saturated heterocycles. The number of hydrogen-bond acceptors (Lipinski definition) is 4. The van der Waals surface area contributed by atoms with Crippen molar-refractivity contribution in [2.24, 2.45) is 0 Å². The topological polar surface area (TPSA) is 47.6 Å². The fourth-order valence-electron chi connectivity index (χ4n) is 2.04. The summed E-state index contributed by atoms with van der Waals surface area (Å²) in [6.45, 7) is 2.66. The lowest BCUT2D eigenvalue weighted by molar-refractivity contribution is -0.142. The van der Waals surface area contributed by atoms with Crippen molar-refractivity contribution in [1.29, 1.82) is 0 Å². The Hall–Kier alpha value is -1.07. The van der Waals surface area contributed by atoms with Crippen LogP contribution >= 0.6 is 15.9 Å². The molecule has 0 radical (unpaired) electrons. The quantitative estimate of drug-likeness (QED) is 0.868. The Kier molecular flexibility index (Phi) is 4.24. The maximum Gasteiger partial charge on any atom is 0.323 e. The van der Waals surface area contributed by atoms with Gasteiger partial charge in [-0.3, -0.25) is 4.79 Å². The number of ether oxygens (including phenoxy) is 2. The van der Waals surface area contributed by atoms with Crippen LogP contribution in [-0.4, -0.2) is 31.8 Å². The third kappa shape index (κ3) is 3.03. The molecule has 1 aliphatic rings. The van der Waals surface area contributed by atoms with Gasteiger partial charge in [-0.2, -0.15) is 0 Å². The molecule has 1 N–H and O–H groups in total. The summed E-state index contributed by atoms with van der Waals surface area (Å²) in [5.41, 5.74) is 1.07. The van der Waals surface area contributed by atoms with Gasteiger partial charge in [0.25, 0.3) is 0 Å². The molecule has 98 valence electrons. The van der Waals surface area contributed by atoms with Crippen molar-refractivity contribution >= 4 is 21.9 Å². The van der Waals surface area contributed by atoms with Gasteiger partial charge in [0.1, 0.15) is 17.9 Å². The minimum atomic E-state index is -0.254. The number of esters is 1. The van der Waals surface area contributed by atoms with Crippen LogP contribution < -0.4 is 10.1 Å². The lowest BCUT2D eigenvalue weighted by atomic mass is 10.2. The van der Waals surface area contributed by atoms with E-state index in [1.807, 2.05) is 25.1 Å². The predicted octanol–water partition coefficient (Wildman–Crippen LogP) is 2.04. The van der Waals surface area contributed by atoms with Crippen molar-refractivity contribution in [3.8, 4) is 5.75 Å². The summed E-state index contributed by atoms with van der Waals surface area (Å²) in [6, 6.07) is 5.64. The first-order valence-electron chi connectivity index (χ1n) is 5.84. The maximum atomic E-state index is 11.4. The van der Waals surface area contributed by atoms with Crippen molar-refractivity contribution < 1.29 is 14.3 Å². The Labute approximate surface area is 115 Å². The minimum Gasteiger partial charge on any atom is -0.489 e. The van der Waals surface area contributed by atoms with Crippen LogP contribution in [0.4, 0.5) is 0 Å². The summed E-state index contributed by atoms with van der Waals surface area (Å²) in [7, 11) is 1.40. The highest BCUT2D eigenvalue weighted by Gasteiger charge is 2.31. The van der Waals surface area contributed by atoms with Crippen LogP contribution in [0.25, 0.3) is 0 Å². The number of aryl methyl sites for hydroxylation is 1. The Bertz CT molecular complexity index is 450. The van der Waals surface area contributed by atoms with Gasteiger partial charge in [-0.1, -0.05) is 15.9 Å². The van der Waals surface area contributed by atoms with Gasteiger partial charge in [-0.05, 0) is 30.7 Å². The summed E-state index contributed by atoms with van der Waals surface area (Å²) in [6.07, 6.45) is 0.649. The lowest BCUT2D eigenvalue weighted by Gasteiger charge is -2.15. The summed E-state index contributed by atoms with van der Waals surface area (Å²) in [5.74, 6) is 0.629. The zero-order chi connectivity index (χ0) is 13.1. The number of hydrogen-bond donors (Lipinski definition) is 1. The summed E-state index contributed by atoms with van der Waals surface area (Å²) < 4.78 is 11.6. The maximum absolute atomic E-state index is 11.4. The first-order valence-corrected chi connectivity index (χ1v) is 6.63. The second-order valence-corrected chi connectivity index (χ2v) is 5.29. The molecule has 1 aromatic carbocycles.